The average molecular weight is 498 g/mol. The van der Waals surface area contributed by atoms with Gasteiger partial charge in [0, 0.05) is 3.57 Å². The maximum atomic E-state index is 9.13. The molecule has 0 heterocycles. The Labute approximate surface area is 142 Å². The molecule has 0 spiro atoms. The lowest BCUT2D eigenvalue weighted by Crippen LogP contribution is -1.98. The number of benzene rings is 2. The fraction of sp³-hybridized carbons (Fsp3) is 0.143. The largest absolute Gasteiger partial charge is 0.487 e. The quantitative estimate of drug-likeness (QED) is 0.610. The number of aliphatic hydroxyl groups excluding tert-OH is 1. The van der Waals surface area contributed by atoms with Gasteiger partial charge in [-0.15, -0.1) is 0 Å². The molecule has 0 aromatic heterocycles. The first-order valence-corrected chi connectivity index (χ1v) is 8.22. The van der Waals surface area contributed by atoms with E-state index in [1.807, 2.05) is 24.3 Å². The average Bonchev–Trinajstić information content (AvgIpc) is 2.39. The van der Waals surface area contributed by atoms with Gasteiger partial charge in [0.2, 0.25) is 0 Å². The van der Waals surface area contributed by atoms with Crippen molar-refractivity contribution in [3.05, 3.63) is 60.0 Å². The summed E-state index contributed by atoms with van der Waals surface area (Å²) in [6.07, 6.45) is 0. The number of hydrogen-bond acceptors (Lipinski definition) is 2. The van der Waals surface area contributed by atoms with Crippen molar-refractivity contribution in [3.8, 4) is 5.75 Å². The van der Waals surface area contributed by atoms with E-state index in [9.17, 15) is 0 Å². The zero-order valence-corrected chi connectivity index (χ0v) is 15.2. The lowest BCUT2D eigenvalue weighted by molar-refractivity contribution is 0.280. The number of ether oxygens (including phenoxy) is 1. The molecule has 19 heavy (non-hydrogen) atoms. The molecule has 2 nitrogen and oxygen atoms in total. The summed E-state index contributed by atoms with van der Waals surface area (Å²) in [4.78, 5) is 0. The Hall–Kier alpha value is -0.110. The molecule has 100 valence electrons. The number of halogens is 3. The number of aliphatic hydroxyl groups is 1. The molecule has 0 radical (unpaired) electrons. The molecule has 5 heteroatoms. The van der Waals surface area contributed by atoms with E-state index >= 15 is 0 Å². The van der Waals surface area contributed by atoms with Gasteiger partial charge in [0.25, 0.3) is 0 Å². The molecule has 0 saturated carbocycles. The van der Waals surface area contributed by atoms with Crippen molar-refractivity contribution in [2.24, 2.45) is 0 Å². The summed E-state index contributed by atoms with van der Waals surface area (Å²) < 4.78 is 8.68. The summed E-state index contributed by atoms with van der Waals surface area (Å²) in [6.45, 7) is 0.515. The van der Waals surface area contributed by atoms with Crippen LogP contribution in [0.3, 0.4) is 0 Å². The van der Waals surface area contributed by atoms with E-state index in [4.69, 9.17) is 9.84 Å². The van der Waals surface area contributed by atoms with Crippen molar-refractivity contribution >= 4 is 54.5 Å². The first kappa shape index (κ1) is 15.3. The van der Waals surface area contributed by atoms with Crippen molar-refractivity contribution in [2.45, 2.75) is 13.2 Å². The topological polar surface area (TPSA) is 29.5 Å². The van der Waals surface area contributed by atoms with Crippen LogP contribution in [0.1, 0.15) is 11.1 Å². The van der Waals surface area contributed by atoms with E-state index in [-0.39, 0.29) is 6.61 Å². The standard InChI is InChI=1S/C14H11Br2IO2/c15-12-5-10(7-18)6-13(16)14(12)19-8-9-1-3-11(17)4-2-9/h1-6,18H,7-8H2. The summed E-state index contributed by atoms with van der Waals surface area (Å²) >= 11 is 9.19. The molecule has 0 aliphatic heterocycles. The Kier molecular flexibility index (Phi) is 5.68. The van der Waals surface area contributed by atoms with Gasteiger partial charge in [-0.05, 0) is 89.8 Å². The first-order valence-electron chi connectivity index (χ1n) is 5.56. The third-order valence-corrected chi connectivity index (χ3v) is 4.43. The van der Waals surface area contributed by atoms with Crippen molar-refractivity contribution < 1.29 is 9.84 Å². The van der Waals surface area contributed by atoms with Gasteiger partial charge in [-0.1, -0.05) is 12.1 Å². The second kappa shape index (κ2) is 7.06. The molecule has 0 saturated heterocycles. The van der Waals surface area contributed by atoms with E-state index in [1.54, 1.807) is 0 Å². The molecule has 2 aromatic rings. The third-order valence-electron chi connectivity index (χ3n) is 2.54. The Morgan fingerprint density at radius 1 is 1.00 bits per heavy atom. The molecular weight excluding hydrogens is 487 g/mol. The van der Waals surface area contributed by atoms with Gasteiger partial charge in [-0.3, -0.25) is 0 Å². The Bertz CT molecular complexity index is 547. The SMILES string of the molecule is OCc1cc(Br)c(OCc2ccc(I)cc2)c(Br)c1. The van der Waals surface area contributed by atoms with Crippen LogP contribution in [0.5, 0.6) is 5.75 Å². The molecular formula is C14H11Br2IO2. The second-order valence-corrected chi connectivity index (χ2v) is 6.92. The van der Waals surface area contributed by atoms with Crippen LogP contribution in [0.2, 0.25) is 0 Å². The van der Waals surface area contributed by atoms with Crippen LogP contribution in [-0.4, -0.2) is 5.11 Å². The van der Waals surface area contributed by atoms with E-state index in [2.05, 4.69) is 66.6 Å². The van der Waals surface area contributed by atoms with Crippen LogP contribution < -0.4 is 4.74 Å². The summed E-state index contributed by atoms with van der Waals surface area (Å²) in [5.41, 5.74) is 1.95. The van der Waals surface area contributed by atoms with E-state index in [0.29, 0.717) is 6.61 Å². The minimum Gasteiger partial charge on any atom is -0.487 e. The smallest absolute Gasteiger partial charge is 0.148 e. The van der Waals surface area contributed by atoms with Crippen LogP contribution in [0.15, 0.2) is 45.3 Å². The molecule has 0 fully saturated rings. The highest BCUT2D eigenvalue weighted by Gasteiger charge is 2.09. The van der Waals surface area contributed by atoms with Crippen LogP contribution in [0.25, 0.3) is 0 Å². The Morgan fingerprint density at radius 3 is 2.11 bits per heavy atom. The van der Waals surface area contributed by atoms with Gasteiger partial charge >= 0.3 is 0 Å². The summed E-state index contributed by atoms with van der Waals surface area (Å²) in [6, 6.07) is 11.9. The first-order chi connectivity index (χ1) is 9.10. The summed E-state index contributed by atoms with van der Waals surface area (Å²) in [7, 11) is 0. The predicted octanol–water partition coefficient (Wildman–Crippen LogP) is 4.89. The van der Waals surface area contributed by atoms with Crippen LogP contribution >= 0.6 is 54.5 Å². The van der Waals surface area contributed by atoms with Gasteiger partial charge in [-0.25, -0.2) is 0 Å². The molecule has 0 unspecified atom stereocenters. The second-order valence-electron chi connectivity index (χ2n) is 3.96. The number of hydrogen-bond donors (Lipinski definition) is 1. The zero-order chi connectivity index (χ0) is 13.8. The maximum absolute atomic E-state index is 9.13. The van der Waals surface area contributed by atoms with Gasteiger partial charge in [0.1, 0.15) is 12.4 Å². The summed E-state index contributed by atoms with van der Waals surface area (Å²) in [5.74, 6) is 0.746. The van der Waals surface area contributed by atoms with Crippen LogP contribution in [0.4, 0.5) is 0 Å². The highest BCUT2D eigenvalue weighted by Crippen LogP contribution is 2.35. The minimum absolute atomic E-state index is 0.00853. The molecule has 0 aliphatic carbocycles. The fourth-order valence-electron chi connectivity index (χ4n) is 1.58. The van der Waals surface area contributed by atoms with E-state index in [1.165, 1.54) is 3.57 Å². The minimum atomic E-state index is 0.00853. The van der Waals surface area contributed by atoms with E-state index < -0.39 is 0 Å². The number of rotatable bonds is 4. The van der Waals surface area contributed by atoms with Crippen molar-refractivity contribution in [2.75, 3.05) is 0 Å². The van der Waals surface area contributed by atoms with E-state index in [0.717, 1.165) is 25.8 Å². The zero-order valence-electron chi connectivity index (χ0n) is 9.87. The molecule has 0 aliphatic rings. The predicted molar refractivity (Wildman–Crippen MR) is 91.3 cm³/mol. The van der Waals surface area contributed by atoms with Gasteiger partial charge in [-0.2, -0.15) is 0 Å². The maximum Gasteiger partial charge on any atom is 0.148 e. The van der Waals surface area contributed by atoms with Crippen molar-refractivity contribution in [1.29, 1.82) is 0 Å². The molecule has 0 bridgehead atoms. The summed E-state index contributed by atoms with van der Waals surface area (Å²) in [5, 5.41) is 9.13. The Morgan fingerprint density at radius 2 is 1.58 bits per heavy atom. The monoisotopic (exact) mass is 496 g/mol. The molecule has 2 aromatic carbocycles. The molecule has 1 N–H and O–H groups in total. The van der Waals surface area contributed by atoms with Crippen LogP contribution in [-0.2, 0) is 13.2 Å². The van der Waals surface area contributed by atoms with Gasteiger partial charge < -0.3 is 9.84 Å². The Balaban J connectivity index is 2.13. The molecule has 2 rings (SSSR count). The van der Waals surface area contributed by atoms with Gasteiger partial charge in [0.15, 0.2) is 0 Å². The lowest BCUT2D eigenvalue weighted by atomic mass is 10.2. The molecule has 0 amide bonds. The fourth-order valence-corrected chi connectivity index (χ4v) is 3.45. The van der Waals surface area contributed by atoms with Crippen LogP contribution in [0, 0.1) is 3.57 Å². The molecule has 0 atom stereocenters. The third kappa shape index (κ3) is 4.18. The highest BCUT2D eigenvalue weighted by atomic mass is 127. The lowest BCUT2D eigenvalue weighted by Gasteiger charge is -2.12. The van der Waals surface area contributed by atoms with Crippen molar-refractivity contribution in [3.63, 3.8) is 0 Å². The normalized spacial score (nSPS) is 10.5. The van der Waals surface area contributed by atoms with Gasteiger partial charge in [0.05, 0.1) is 15.6 Å². The highest BCUT2D eigenvalue weighted by molar-refractivity contribution is 14.1. The van der Waals surface area contributed by atoms with Crippen molar-refractivity contribution in [1.82, 2.24) is 0 Å².